The van der Waals surface area contributed by atoms with E-state index < -0.39 is 0 Å². The van der Waals surface area contributed by atoms with E-state index in [0.29, 0.717) is 22.5 Å². The Morgan fingerprint density at radius 1 is 1.04 bits per heavy atom. The van der Waals surface area contributed by atoms with Crippen LogP contribution >= 0.6 is 11.6 Å². The summed E-state index contributed by atoms with van der Waals surface area (Å²) in [6.07, 6.45) is 0. The largest absolute Gasteiger partial charge is 0.339 e. The molecule has 7 heteroatoms. The molecular formula is C16H15ClFN5. The molecule has 0 amide bonds. The number of rotatable bonds is 3. The predicted octanol–water partition coefficient (Wildman–Crippen LogP) is 4.12. The lowest BCUT2D eigenvalue weighted by Crippen LogP contribution is -2.08. The number of anilines is 2. The number of benzene rings is 1. The Balaban J connectivity index is 2.01. The molecule has 0 aliphatic carbocycles. The zero-order chi connectivity index (χ0) is 16.6. The third-order valence-electron chi connectivity index (χ3n) is 3.23. The first-order valence-corrected chi connectivity index (χ1v) is 7.41. The lowest BCUT2D eigenvalue weighted by atomic mass is 10.3. The molecule has 3 aromatic rings. The molecule has 0 radical (unpaired) electrons. The van der Waals surface area contributed by atoms with Crippen molar-refractivity contribution in [3.05, 3.63) is 58.3 Å². The summed E-state index contributed by atoms with van der Waals surface area (Å²) in [7, 11) is 0. The van der Waals surface area contributed by atoms with E-state index in [9.17, 15) is 4.39 Å². The molecule has 0 bridgehead atoms. The number of halogens is 2. The highest BCUT2D eigenvalue weighted by molar-refractivity contribution is 6.33. The number of nitrogens with one attached hydrogen (secondary N) is 1. The molecule has 118 valence electrons. The molecule has 23 heavy (non-hydrogen) atoms. The summed E-state index contributed by atoms with van der Waals surface area (Å²) < 4.78 is 15.1. The first-order chi connectivity index (χ1) is 10.9. The summed E-state index contributed by atoms with van der Waals surface area (Å²) in [5, 5.41) is 7.82. The zero-order valence-electron chi connectivity index (χ0n) is 12.9. The van der Waals surface area contributed by atoms with Crippen molar-refractivity contribution in [3.63, 3.8) is 0 Å². The second kappa shape index (κ2) is 5.96. The normalized spacial score (nSPS) is 10.8. The summed E-state index contributed by atoms with van der Waals surface area (Å²) in [4.78, 5) is 8.84. The van der Waals surface area contributed by atoms with Crippen LogP contribution < -0.4 is 5.32 Å². The summed E-state index contributed by atoms with van der Waals surface area (Å²) in [6.45, 7) is 5.70. The van der Waals surface area contributed by atoms with Crippen molar-refractivity contribution in [2.24, 2.45) is 0 Å². The number of hydrogen-bond acceptors (Lipinski definition) is 4. The van der Waals surface area contributed by atoms with Gasteiger partial charge in [-0.2, -0.15) is 10.1 Å². The fourth-order valence-corrected chi connectivity index (χ4v) is 2.44. The molecule has 2 aromatic heterocycles. The monoisotopic (exact) mass is 331 g/mol. The van der Waals surface area contributed by atoms with Crippen LogP contribution in [0.4, 0.5) is 15.9 Å². The smallest absolute Gasteiger partial charge is 0.252 e. The Labute approximate surface area is 138 Å². The fourth-order valence-electron chi connectivity index (χ4n) is 2.27. The second-order valence-electron chi connectivity index (χ2n) is 5.28. The first-order valence-electron chi connectivity index (χ1n) is 7.04. The molecule has 2 heterocycles. The van der Waals surface area contributed by atoms with E-state index in [1.54, 1.807) is 10.7 Å². The van der Waals surface area contributed by atoms with Crippen LogP contribution in [0.3, 0.4) is 0 Å². The topological polar surface area (TPSA) is 55.6 Å². The van der Waals surface area contributed by atoms with Gasteiger partial charge in [-0.05, 0) is 45.0 Å². The SMILES string of the molecule is Cc1cc(Nc2cc(F)ccc2Cl)nc(-n2nc(C)cc2C)n1. The molecule has 0 spiro atoms. The van der Waals surface area contributed by atoms with Crippen molar-refractivity contribution in [1.29, 1.82) is 0 Å². The Kier molecular flexibility index (Phi) is 4.00. The molecule has 0 atom stereocenters. The summed E-state index contributed by atoms with van der Waals surface area (Å²) in [5.41, 5.74) is 3.03. The van der Waals surface area contributed by atoms with Crippen LogP contribution in [0.5, 0.6) is 0 Å². The van der Waals surface area contributed by atoms with Gasteiger partial charge in [-0.3, -0.25) is 0 Å². The summed E-state index contributed by atoms with van der Waals surface area (Å²) >= 11 is 6.08. The molecule has 0 aliphatic rings. The molecule has 0 unspecified atom stereocenters. The zero-order valence-corrected chi connectivity index (χ0v) is 13.7. The Bertz CT molecular complexity index is 875. The summed E-state index contributed by atoms with van der Waals surface area (Å²) in [6, 6.07) is 7.83. The number of hydrogen-bond donors (Lipinski definition) is 1. The van der Waals surface area contributed by atoms with Gasteiger partial charge in [0.05, 0.1) is 16.4 Å². The van der Waals surface area contributed by atoms with Gasteiger partial charge in [-0.25, -0.2) is 14.1 Å². The van der Waals surface area contributed by atoms with Crippen LogP contribution in [0.1, 0.15) is 17.1 Å². The van der Waals surface area contributed by atoms with E-state index in [4.69, 9.17) is 11.6 Å². The quantitative estimate of drug-likeness (QED) is 0.784. The van der Waals surface area contributed by atoms with Crippen molar-refractivity contribution in [2.75, 3.05) is 5.32 Å². The molecule has 5 nitrogen and oxygen atoms in total. The molecule has 1 aromatic carbocycles. The van der Waals surface area contributed by atoms with Crippen molar-refractivity contribution < 1.29 is 4.39 Å². The Morgan fingerprint density at radius 2 is 1.83 bits per heavy atom. The first kappa shape index (κ1) is 15.4. The van der Waals surface area contributed by atoms with Crippen LogP contribution in [0, 0.1) is 26.6 Å². The highest BCUT2D eigenvalue weighted by Gasteiger charge is 2.10. The molecule has 3 rings (SSSR count). The van der Waals surface area contributed by atoms with Crippen LogP contribution in [-0.2, 0) is 0 Å². The van der Waals surface area contributed by atoms with Gasteiger partial charge >= 0.3 is 0 Å². The van der Waals surface area contributed by atoms with Crippen LogP contribution in [0.25, 0.3) is 5.95 Å². The molecule has 0 saturated carbocycles. The van der Waals surface area contributed by atoms with Crippen LogP contribution in [0.2, 0.25) is 5.02 Å². The minimum atomic E-state index is -0.374. The van der Waals surface area contributed by atoms with E-state index >= 15 is 0 Å². The van der Waals surface area contributed by atoms with Gasteiger partial charge in [0.15, 0.2) is 0 Å². The third kappa shape index (κ3) is 3.32. The minimum absolute atomic E-state index is 0.374. The highest BCUT2D eigenvalue weighted by atomic mass is 35.5. The summed E-state index contributed by atoms with van der Waals surface area (Å²) in [5.74, 6) is 0.597. The van der Waals surface area contributed by atoms with Crippen molar-refractivity contribution >= 4 is 23.1 Å². The van der Waals surface area contributed by atoms with E-state index in [-0.39, 0.29) is 5.82 Å². The van der Waals surface area contributed by atoms with E-state index in [0.717, 1.165) is 17.1 Å². The van der Waals surface area contributed by atoms with Crippen molar-refractivity contribution in [2.45, 2.75) is 20.8 Å². The third-order valence-corrected chi connectivity index (χ3v) is 3.56. The van der Waals surface area contributed by atoms with E-state index in [1.165, 1.54) is 18.2 Å². The second-order valence-corrected chi connectivity index (χ2v) is 5.69. The van der Waals surface area contributed by atoms with E-state index in [2.05, 4.69) is 20.4 Å². The predicted molar refractivity (Wildman–Crippen MR) is 88.1 cm³/mol. The molecule has 1 N–H and O–H groups in total. The maximum absolute atomic E-state index is 13.4. The van der Waals surface area contributed by atoms with Gasteiger partial charge in [0.25, 0.3) is 5.95 Å². The fraction of sp³-hybridized carbons (Fsp3) is 0.188. The maximum atomic E-state index is 13.4. The number of aryl methyl sites for hydroxylation is 3. The standard InChI is InChI=1S/C16H15ClFN5/c1-9-7-15(20-14-8-12(18)4-5-13(14)17)21-16(19-9)23-11(3)6-10(2)22-23/h4-8H,1-3H3,(H,19,20,21). The van der Waals surface area contributed by atoms with Gasteiger partial charge in [0.1, 0.15) is 11.6 Å². The molecule has 0 saturated heterocycles. The Morgan fingerprint density at radius 3 is 2.52 bits per heavy atom. The van der Waals surface area contributed by atoms with Gasteiger partial charge in [-0.1, -0.05) is 11.6 Å². The Hall–Kier alpha value is -2.47. The minimum Gasteiger partial charge on any atom is -0.339 e. The molecular weight excluding hydrogens is 317 g/mol. The highest BCUT2D eigenvalue weighted by Crippen LogP contribution is 2.26. The van der Waals surface area contributed by atoms with Crippen LogP contribution in [-0.4, -0.2) is 19.7 Å². The van der Waals surface area contributed by atoms with Gasteiger partial charge < -0.3 is 5.32 Å². The van der Waals surface area contributed by atoms with Gasteiger partial charge in [0.2, 0.25) is 0 Å². The lowest BCUT2D eigenvalue weighted by molar-refractivity contribution is 0.628. The maximum Gasteiger partial charge on any atom is 0.252 e. The average molecular weight is 332 g/mol. The molecule has 0 fully saturated rings. The average Bonchev–Trinajstić information content (AvgIpc) is 2.81. The lowest BCUT2D eigenvalue weighted by Gasteiger charge is -2.10. The number of nitrogens with zero attached hydrogens (tertiary/aromatic N) is 4. The van der Waals surface area contributed by atoms with E-state index in [1.807, 2.05) is 26.8 Å². The molecule has 0 aliphatic heterocycles. The van der Waals surface area contributed by atoms with Crippen molar-refractivity contribution in [3.8, 4) is 5.95 Å². The number of aromatic nitrogens is 4. The van der Waals surface area contributed by atoms with Crippen LogP contribution in [0.15, 0.2) is 30.3 Å². The van der Waals surface area contributed by atoms with Gasteiger partial charge in [0, 0.05) is 17.5 Å². The van der Waals surface area contributed by atoms with Crippen molar-refractivity contribution in [1.82, 2.24) is 19.7 Å². The van der Waals surface area contributed by atoms with Gasteiger partial charge in [-0.15, -0.1) is 0 Å².